The number of fused-ring (bicyclic) bond motifs is 1. The fourth-order valence-electron chi connectivity index (χ4n) is 4.15. The summed E-state index contributed by atoms with van der Waals surface area (Å²) in [5.74, 6) is 0.381. The fourth-order valence-corrected chi connectivity index (χ4v) is 4.15. The average molecular weight is 251 g/mol. The molecule has 2 N–H and O–H groups in total. The molecule has 3 rings (SSSR count). The molecule has 3 aliphatic heterocycles. The highest BCUT2D eigenvalue weighted by Gasteiger charge is 2.45. The SMILES string of the molecule is NCC1CCCCN1C1CC(=O)N2CCCCC12. The van der Waals surface area contributed by atoms with Crippen LogP contribution in [0.1, 0.15) is 44.9 Å². The monoisotopic (exact) mass is 251 g/mol. The molecule has 4 nitrogen and oxygen atoms in total. The molecule has 3 unspecified atom stereocenters. The number of nitrogens with two attached hydrogens (primary N) is 1. The lowest BCUT2D eigenvalue weighted by Crippen LogP contribution is -2.54. The molecule has 3 heterocycles. The van der Waals surface area contributed by atoms with Crippen LogP contribution in [0, 0.1) is 0 Å². The van der Waals surface area contributed by atoms with E-state index >= 15 is 0 Å². The predicted molar refractivity (Wildman–Crippen MR) is 71.2 cm³/mol. The van der Waals surface area contributed by atoms with E-state index in [1.807, 2.05) is 0 Å². The lowest BCUT2D eigenvalue weighted by Gasteiger charge is -2.43. The maximum atomic E-state index is 12.1. The zero-order valence-electron chi connectivity index (χ0n) is 11.2. The number of carbonyl (C=O) groups excluding carboxylic acids is 1. The number of hydrogen-bond acceptors (Lipinski definition) is 3. The molecule has 0 spiro atoms. The minimum Gasteiger partial charge on any atom is -0.338 e. The van der Waals surface area contributed by atoms with Gasteiger partial charge in [0.2, 0.25) is 5.91 Å². The van der Waals surface area contributed by atoms with Crippen molar-refractivity contribution in [3.63, 3.8) is 0 Å². The summed E-state index contributed by atoms with van der Waals surface area (Å²) in [4.78, 5) is 16.8. The first-order chi connectivity index (χ1) is 8.81. The van der Waals surface area contributed by atoms with Gasteiger partial charge in [-0.3, -0.25) is 9.69 Å². The smallest absolute Gasteiger partial charge is 0.224 e. The highest BCUT2D eigenvalue weighted by molar-refractivity contribution is 5.80. The van der Waals surface area contributed by atoms with Crippen molar-refractivity contribution in [3.8, 4) is 0 Å². The van der Waals surface area contributed by atoms with Gasteiger partial charge in [0, 0.05) is 37.6 Å². The molecule has 18 heavy (non-hydrogen) atoms. The summed E-state index contributed by atoms with van der Waals surface area (Å²) >= 11 is 0. The van der Waals surface area contributed by atoms with Crippen LogP contribution < -0.4 is 5.73 Å². The third-order valence-electron chi connectivity index (χ3n) is 5.07. The Morgan fingerprint density at radius 3 is 2.67 bits per heavy atom. The van der Waals surface area contributed by atoms with Gasteiger partial charge in [-0.15, -0.1) is 0 Å². The number of carbonyl (C=O) groups is 1. The van der Waals surface area contributed by atoms with Crippen molar-refractivity contribution in [2.75, 3.05) is 19.6 Å². The van der Waals surface area contributed by atoms with Gasteiger partial charge < -0.3 is 10.6 Å². The van der Waals surface area contributed by atoms with E-state index in [-0.39, 0.29) is 0 Å². The predicted octanol–water partition coefficient (Wildman–Crippen LogP) is 0.953. The maximum Gasteiger partial charge on any atom is 0.224 e. The van der Waals surface area contributed by atoms with E-state index in [0.29, 0.717) is 24.0 Å². The third-order valence-corrected chi connectivity index (χ3v) is 5.07. The summed E-state index contributed by atoms with van der Waals surface area (Å²) in [6.07, 6.45) is 8.20. The van der Waals surface area contributed by atoms with E-state index in [0.717, 1.165) is 26.1 Å². The minimum absolute atomic E-state index is 0.381. The number of amides is 1. The Kier molecular flexibility index (Phi) is 3.57. The summed E-state index contributed by atoms with van der Waals surface area (Å²) in [5, 5.41) is 0. The van der Waals surface area contributed by atoms with E-state index in [9.17, 15) is 4.79 Å². The fraction of sp³-hybridized carbons (Fsp3) is 0.929. The molecule has 1 amide bonds. The number of rotatable bonds is 2. The first kappa shape index (κ1) is 12.4. The van der Waals surface area contributed by atoms with Gasteiger partial charge >= 0.3 is 0 Å². The van der Waals surface area contributed by atoms with Crippen molar-refractivity contribution in [2.24, 2.45) is 5.73 Å². The van der Waals surface area contributed by atoms with Gasteiger partial charge in [-0.1, -0.05) is 6.42 Å². The topological polar surface area (TPSA) is 49.6 Å². The zero-order valence-corrected chi connectivity index (χ0v) is 11.2. The van der Waals surface area contributed by atoms with Crippen molar-refractivity contribution in [3.05, 3.63) is 0 Å². The lowest BCUT2D eigenvalue weighted by molar-refractivity contribution is -0.129. The quantitative estimate of drug-likeness (QED) is 0.795. The number of hydrogen-bond donors (Lipinski definition) is 1. The summed E-state index contributed by atoms with van der Waals surface area (Å²) in [6.45, 7) is 2.88. The molecule has 0 aliphatic carbocycles. The van der Waals surface area contributed by atoms with Crippen LogP contribution in [0.25, 0.3) is 0 Å². The highest BCUT2D eigenvalue weighted by atomic mass is 16.2. The first-order valence-electron chi connectivity index (χ1n) is 7.56. The largest absolute Gasteiger partial charge is 0.338 e. The normalized spacial score (nSPS) is 37.9. The summed E-state index contributed by atoms with van der Waals surface area (Å²) < 4.78 is 0. The van der Waals surface area contributed by atoms with Gasteiger partial charge in [-0.25, -0.2) is 0 Å². The molecule has 102 valence electrons. The van der Waals surface area contributed by atoms with Crippen molar-refractivity contribution >= 4 is 5.91 Å². The molecule has 3 atom stereocenters. The molecule has 0 bridgehead atoms. The lowest BCUT2D eigenvalue weighted by atomic mass is 9.93. The Labute approximate surface area is 109 Å². The van der Waals surface area contributed by atoms with E-state index in [1.165, 1.54) is 38.5 Å². The molecule has 3 fully saturated rings. The third kappa shape index (κ3) is 2.05. The summed E-state index contributed by atoms with van der Waals surface area (Å²) in [6, 6.07) is 1.45. The second-order valence-electron chi connectivity index (χ2n) is 6.04. The van der Waals surface area contributed by atoms with Crippen molar-refractivity contribution in [2.45, 2.75) is 63.1 Å². The summed E-state index contributed by atoms with van der Waals surface area (Å²) in [7, 11) is 0. The molecular weight excluding hydrogens is 226 g/mol. The highest BCUT2D eigenvalue weighted by Crippen LogP contribution is 2.34. The van der Waals surface area contributed by atoms with Gasteiger partial charge in [-0.05, 0) is 38.6 Å². The minimum atomic E-state index is 0.381. The van der Waals surface area contributed by atoms with Crippen LogP contribution >= 0.6 is 0 Å². The Bertz CT molecular complexity index is 320. The van der Waals surface area contributed by atoms with E-state index in [2.05, 4.69) is 9.80 Å². The van der Waals surface area contributed by atoms with Crippen molar-refractivity contribution in [1.82, 2.24) is 9.80 Å². The second kappa shape index (κ2) is 5.17. The van der Waals surface area contributed by atoms with Gasteiger partial charge in [0.25, 0.3) is 0 Å². The Morgan fingerprint density at radius 1 is 1.06 bits per heavy atom. The standard InChI is InChI=1S/C14H25N3O/c15-10-11-5-1-3-7-16(11)13-9-14(18)17-8-4-2-6-12(13)17/h11-13H,1-10,15H2. The molecular formula is C14H25N3O. The van der Waals surface area contributed by atoms with Crippen LogP contribution in [0.5, 0.6) is 0 Å². The van der Waals surface area contributed by atoms with E-state index < -0.39 is 0 Å². The maximum absolute atomic E-state index is 12.1. The van der Waals surface area contributed by atoms with Gasteiger partial charge in [0.15, 0.2) is 0 Å². The van der Waals surface area contributed by atoms with Crippen LogP contribution in [-0.2, 0) is 4.79 Å². The molecule has 3 aliphatic rings. The summed E-state index contributed by atoms with van der Waals surface area (Å²) in [5.41, 5.74) is 5.92. The zero-order chi connectivity index (χ0) is 12.5. The molecule has 0 radical (unpaired) electrons. The molecule has 0 aromatic rings. The number of likely N-dealkylation sites (tertiary alicyclic amines) is 1. The number of piperidine rings is 2. The van der Waals surface area contributed by atoms with Crippen molar-refractivity contribution in [1.29, 1.82) is 0 Å². The van der Waals surface area contributed by atoms with E-state index in [4.69, 9.17) is 5.73 Å². The van der Waals surface area contributed by atoms with E-state index in [1.54, 1.807) is 0 Å². The molecule has 4 heteroatoms. The van der Waals surface area contributed by atoms with Crippen molar-refractivity contribution < 1.29 is 4.79 Å². The first-order valence-corrected chi connectivity index (χ1v) is 7.56. The van der Waals surface area contributed by atoms with Crippen LogP contribution in [0.2, 0.25) is 0 Å². The van der Waals surface area contributed by atoms with Gasteiger partial charge in [0.05, 0.1) is 0 Å². The van der Waals surface area contributed by atoms with Crippen LogP contribution in [-0.4, -0.2) is 53.5 Å². The average Bonchev–Trinajstić information content (AvgIpc) is 2.77. The van der Waals surface area contributed by atoms with Gasteiger partial charge in [0.1, 0.15) is 0 Å². The molecule has 0 saturated carbocycles. The van der Waals surface area contributed by atoms with Gasteiger partial charge in [-0.2, -0.15) is 0 Å². The van der Waals surface area contributed by atoms with Crippen LogP contribution in [0.3, 0.4) is 0 Å². The Hall–Kier alpha value is -0.610. The van der Waals surface area contributed by atoms with Crippen LogP contribution in [0.15, 0.2) is 0 Å². The van der Waals surface area contributed by atoms with Crippen LogP contribution in [0.4, 0.5) is 0 Å². The number of nitrogens with zero attached hydrogens (tertiary/aromatic N) is 2. The Morgan fingerprint density at radius 2 is 1.83 bits per heavy atom. The molecule has 3 saturated heterocycles. The molecule has 0 aromatic heterocycles. The second-order valence-corrected chi connectivity index (χ2v) is 6.04. The Balaban J connectivity index is 1.76. The molecule has 0 aromatic carbocycles.